The molecule has 0 radical (unpaired) electrons. The van der Waals surface area contributed by atoms with Gasteiger partial charge in [0.15, 0.2) is 6.10 Å². The van der Waals surface area contributed by atoms with Gasteiger partial charge in [0.1, 0.15) is 5.75 Å². The molecule has 2 N–H and O–H groups in total. The van der Waals surface area contributed by atoms with Crippen LogP contribution in [0.5, 0.6) is 5.75 Å². The predicted octanol–water partition coefficient (Wildman–Crippen LogP) is 0.699. The number of aliphatic hydroxyl groups is 1. The Bertz CT molecular complexity index is 434. The largest absolute Gasteiger partial charge is 0.477 e. The average molecular weight is 250 g/mol. The van der Waals surface area contributed by atoms with Crippen LogP contribution in [0.2, 0.25) is 0 Å². The molecule has 2 atom stereocenters. The van der Waals surface area contributed by atoms with Crippen LogP contribution in [0.3, 0.4) is 0 Å². The van der Waals surface area contributed by atoms with Crippen molar-refractivity contribution in [1.82, 2.24) is 4.90 Å². The monoisotopic (exact) mass is 250 g/mol. The van der Waals surface area contributed by atoms with E-state index in [0.717, 1.165) is 5.69 Å². The fraction of sp³-hybridized carbons (Fsp3) is 0.462. The molecule has 5 heteroatoms. The maximum absolute atomic E-state index is 12.1. The number of likely N-dealkylation sites (N-methyl/N-ethyl adjacent to an activating group) is 1. The molecule has 5 nitrogen and oxygen atoms in total. The Morgan fingerprint density at radius 2 is 2.33 bits per heavy atom. The molecule has 0 saturated carbocycles. The van der Waals surface area contributed by atoms with Crippen molar-refractivity contribution in [2.24, 2.45) is 0 Å². The van der Waals surface area contributed by atoms with Crippen molar-refractivity contribution in [3.63, 3.8) is 0 Å². The molecule has 1 heterocycles. The lowest BCUT2D eigenvalue weighted by molar-refractivity contribution is -0.138. The molecule has 0 spiro atoms. The van der Waals surface area contributed by atoms with E-state index in [1.54, 1.807) is 14.0 Å². The quantitative estimate of drug-likeness (QED) is 0.829. The Morgan fingerprint density at radius 1 is 1.61 bits per heavy atom. The number of hydrogen-bond acceptors (Lipinski definition) is 4. The molecule has 0 aromatic heterocycles. The van der Waals surface area contributed by atoms with Crippen LogP contribution in [0.25, 0.3) is 0 Å². The number of benzene rings is 1. The van der Waals surface area contributed by atoms with Crippen molar-refractivity contribution in [2.75, 3.05) is 25.5 Å². The second-order valence-electron chi connectivity index (χ2n) is 4.55. The highest BCUT2D eigenvalue weighted by atomic mass is 16.5. The zero-order chi connectivity index (χ0) is 13.1. The third kappa shape index (κ3) is 2.73. The maximum atomic E-state index is 12.1. The summed E-state index contributed by atoms with van der Waals surface area (Å²) in [6, 6.07) is 7.52. The Balaban J connectivity index is 2.02. The normalized spacial score (nSPS) is 19.2. The Kier molecular flexibility index (Phi) is 3.72. The maximum Gasteiger partial charge on any atom is 0.265 e. The van der Waals surface area contributed by atoms with Gasteiger partial charge in [-0.25, -0.2) is 0 Å². The number of para-hydroxylation sites is 2. The SMILES string of the molecule is CC(O)CN(C)C(=O)C1CNc2ccccc2O1. The van der Waals surface area contributed by atoms with Crippen molar-refractivity contribution < 1.29 is 14.6 Å². The Morgan fingerprint density at radius 3 is 3.06 bits per heavy atom. The number of aliphatic hydroxyl groups excluding tert-OH is 1. The first-order valence-electron chi connectivity index (χ1n) is 6.00. The van der Waals surface area contributed by atoms with Crippen LogP contribution in [0.4, 0.5) is 5.69 Å². The van der Waals surface area contributed by atoms with Gasteiger partial charge in [0.2, 0.25) is 0 Å². The van der Waals surface area contributed by atoms with Gasteiger partial charge in [0.05, 0.1) is 18.3 Å². The first-order valence-corrected chi connectivity index (χ1v) is 6.00. The van der Waals surface area contributed by atoms with Gasteiger partial charge in [0.25, 0.3) is 5.91 Å². The van der Waals surface area contributed by atoms with Gasteiger partial charge < -0.3 is 20.1 Å². The summed E-state index contributed by atoms with van der Waals surface area (Å²) in [5, 5.41) is 12.4. The minimum absolute atomic E-state index is 0.127. The van der Waals surface area contributed by atoms with E-state index in [2.05, 4.69) is 5.32 Å². The number of hydrogen-bond donors (Lipinski definition) is 2. The summed E-state index contributed by atoms with van der Waals surface area (Å²) in [4.78, 5) is 13.6. The summed E-state index contributed by atoms with van der Waals surface area (Å²) in [6.45, 7) is 2.40. The molecule has 1 amide bonds. The number of fused-ring (bicyclic) bond motifs is 1. The number of rotatable bonds is 3. The summed E-state index contributed by atoms with van der Waals surface area (Å²) in [5.74, 6) is 0.561. The summed E-state index contributed by atoms with van der Waals surface area (Å²) in [5.41, 5.74) is 0.903. The molecule has 1 aliphatic heterocycles. The van der Waals surface area contributed by atoms with E-state index >= 15 is 0 Å². The van der Waals surface area contributed by atoms with Crippen molar-refractivity contribution in [1.29, 1.82) is 0 Å². The van der Waals surface area contributed by atoms with E-state index in [0.29, 0.717) is 18.8 Å². The van der Waals surface area contributed by atoms with E-state index in [1.165, 1.54) is 4.90 Å². The van der Waals surface area contributed by atoms with E-state index < -0.39 is 12.2 Å². The van der Waals surface area contributed by atoms with Crippen LogP contribution in [-0.2, 0) is 4.79 Å². The third-order valence-corrected chi connectivity index (χ3v) is 2.82. The topological polar surface area (TPSA) is 61.8 Å². The molecular weight excluding hydrogens is 232 g/mol. The number of ether oxygens (including phenoxy) is 1. The first-order chi connectivity index (χ1) is 8.58. The van der Waals surface area contributed by atoms with Gasteiger partial charge >= 0.3 is 0 Å². The highest BCUT2D eigenvalue weighted by molar-refractivity contribution is 5.83. The summed E-state index contributed by atoms with van der Waals surface area (Å²) in [6.07, 6.45) is -1.08. The van der Waals surface area contributed by atoms with Crippen molar-refractivity contribution in [3.8, 4) is 5.75 Å². The van der Waals surface area contributed by atoms with E-state index in [-0.39, 0.29) is 5.91 Å². The van der Waals surface area contributed by atoms with E-state index in [9.17, 15) is 9.90 Å². The second kappa shape index (κ2) is 5.27. The fourth-order valence-corrected chi connectivity index (χ4v) is 1.98. The number of carbonyl (C=O) groups is 1. The number of nitrogens with one attached hydrogen (secondary N) is 1. The molecule has 0 bridgehead atoms. The zero-order valence-electron chi connectivity index (χ0n) is 10.6. The van der Waals surface area contributed by atoms with Crippen LogP contribution < -0.4 is 10.1 Å². The van der Waals surface area contributed by atoms with Crippen LogP contribution in [0, 0.1) is 0 Å². The zero-order valence-corrected chi connectivity index (χ0v) is 10.6. The standard InChI is InChI=1S/C13H18N2O3/c1-9(16)8-15(2)13(17)12-7-14-10-5-3-4-6-11(10)18-12/h3-6,9,12,14,16H,7-8H2,1-2H3. The summed E-state index contributed by atoms with van der Waals surface area (Å²) in [7, 11) is 1.67. The van der Waals surface area contributed by atoms with Gasteiger partial charge in [-0.15, -0.1) is 0 Å². The molecule has 2 unspecified atom stereocenters. The van der Waals surface area contributed by atoms with Gasteiger partial charge in [-0.2, -0.15) is 0 Å². The molecule has 2 rings (SSSR count). The van der Waals surface area contributed by atoms with Crippen LogP contribution in [0.15, 0.2) is 24.3 Å². The molecule has 0 saturated heterocycles. The minimum Gasteiger partial charge on any atom is -0.477 e. The molecule has 1 aliphatic rings. The minimum atomic E-state index is -0.539. The number of nitrogens with zero attached hydrogens (tertiary/aromatic N) is 1. The average Bonchev–Trinajstić information content (AvgIpc) is 2.36. The van der Waals surface area contributed by atoms with E-state index in [4.69, 9.17) is 4.74 Å². The number of carbonyl (C=O) groups excluding carboxylic acids is 1. The molecule has 18 heavy (non-hydrogen) atoms. The van der Waals surface area contributed by atoms with Crippen LogP contribution in [-0.4, -0.2) is 48.3 Å². The van der Waals surface area contributed by atoms with Crippen LogP contribution >= 0.6 is 0 Å². The van der Waals surface area contributed by atoms with Crippen molar-refractivity contribution >= 4 is 11.6 Å². The van der Waals surface area contributed by atoms with Crippen LogP contribution in [0.1, 0.15) is 6.92 Å². The van der Waals surface area contributed by atoms with Crippen molar-refractivity contribution in [3.05, 3.63) is 24.3 Å². The molecular formula is C13H18N2O3. The molecule has 1 aromatic rings. The number of anilines is 1. The molecule has 98 valence electrons. The number of amides is 1. The first kappa shape index (κ1) is 12.7. The lowest BCUT2D eigenvalue weighted by atomic mass is 10.2. The smallest absolute Gasteiger partial charge is 0.265 e. The van der Waals surface area contributed by atoms with E-state index in [1.807, 2.05) is 24.3 Å². The Labute approximate surface area is 106 Å². The van der Waals surface area contributed by atoms with Gasteiger partial charge in [0, 0.05) is 13.6 Å². The Hall–Kier alpha value is -1.75. The predicted molar refractivity (Wildman–Crippen MR) is 68.7 cm³/mol. The third-order valence-electron chi connectivity index (χ3n) is 2.82. The molecule has 0 aliphatic carbocycles. The fourth-order valence-electron chi connectivity index (χ4n) is 1.98. The summed E-state index contributed by atoms with van der Waals surface area (Å²) < 4.78 is 5.66. The second-order valence-corrected chi connectivity index (χ2v) is 4.55. The molecule has 1 aromatic carbocycles. The lowest BCUT2D eigenvalue weighted by Crippen LogP contribution is -2.47. The van der Waals surface area contributed by atoms with Crippen molar-refractivity contribution in [2.45, 2.75) is 19.1 Å². The molecule has 0 fully saturated rings. The summed E-state index contributed by atoms with van der Waals surface area (Å²) >= 11 is 0. The highest BCUT2D eigenvalue weighted by Crippen LogP contribution is 2.28. The van der Waals surface area contributed by atoms with Gasteiger partial charge in [-0.3, -0.25) is 4.79 Å². The van der Waals surface area contributed by atoms with Gasteiger partial charge in [-0.05, 0) is 19.1 Å². The highest BCUT2D eigenvalue weighted by Gasteiger charge is 2.28. The van der Waals surface area contributed by atoms with Gasteiger partial charge in [-0.1, -0.05) is 12.1 Å². The lowest BCUT2D eigenvalue weighted by Gasteiger charge is -2.30.